The molecule has 0 aromatic carbocycles. The third kappa shape index (κ3) is 4.04. The van der Waals surface area contributed by atoms with Crippen molar-refractivity contribution in [3.05, 3.63) is 40.5 Å². The second-order valence-electron chi connectivity index (χ2n) is 3.68. The zero-order valence-electron chi connectivity index (χ0n) is 10.3. The third-order valence-corrected chi connectivity index (χ3v) is 4.26. The number of aromatic nitrogens is 2. The predicted molar refractivity (Wildman–Crippen MR) is 78.1 cm³/mol. The second-order valence-corrected chi connectivity index (χ2v) is 5.70. The minimum atomic E-state index is -1.22. The second kappa shape index (κ2) is 7.01. The molecule has 1 amide bonds. The molecule has 2 N–H and O–H groups in total. The molecule has 0 bridgehead atoms. The zero-order valence-corrected chi connectivity index (χ0v) is 11.9. The number of amides is 1. The number of thioether (sulfide) groups is 1. The first-order chi connectivity index (χ1) is 9.66. The number of carbonyl (C=O) groups excluding carboxylic acids is 1. The Balaban J connectivity index is 1.87. The predicted octanol–water partition coefficient (Wildman–Crippen LogP) is 2.11. The average molecular weight is 309 g/mol. The van der Waals surface area contributed by atoms with Crippen molar-refractivity contribution < 1.29 is 14.7 Å². The fourth-order valence-corrected chi connectivity index (χ4v) is 3.06. The van der Waals surface area contributed by atoms with Gasteiger partial charge in [0, 0.05) is 23.0 Å². The van der Waals surface area contributed by atoms with Crippen molar-refractivity contribution in [1.82, 2.24) is 9.97 Å². The van der Waals surface area contributed by atoms with E-state index in [2.05, 4.69) is 15.3 Å². The summed E-state index contributed by atoms with van der Waals surface area (Å²) in [5.74, 6) is -0.568. The quantitative estimate of drug-likeness (QED) is 0.849. The molecule has 0 atom stereocenters. The van der Waals surface area contributed by atoms with Gasteiger partial charge in [0.25, 0.3) is 0 Å². The van der Waals surface area contributed by atoms with Crippen LogP contribution >= 0.6 is 23.1 Å². The Labute approximate surface area is 123 Å². The molecule has 0 spiro atoms. The van der Waals surface area contributed by atoms with Crippen LogP contribution in [-0.4, -0.2) is 32.7 Å². The molecule has 0 aliphatic heterocycles. The number of anilines is 1. The molecule has 2 rings (SSSR count). The van der Waals surface area contributed by atoms with Crippen molar-refractivity contribution >= 4 is 40.8 Å². The van der Waals surface area contributed by atoms with E-state index in [0.717, 1.165) is 5.75 Å². The van der Waals surface area contributed by atoms with Gasteiger partial charge in [0.05, 0.1) is 5.75 Å². The van der Waals surface area contributed by atoms with E-state index in [0.29, 0.717) is 0 Å². The normalized spacial score (nSPS) is 10.2. The fourth-order valence-electron chi connectivity index (χ4n) is 1.39. The lowest BCUT2D eigenvalue weighted by atomic mass is 10.4. The average Bonchev–Trinajstić information content (AvgIpc) is 2.92. The van der Waals surface area contributed by atoms with Gasteiger partial charge in [-0.15, -0.1) is 23.1 Å². The number of nitrogens with one attached hydrogen (secondary N) is 1. The van der Waals surface area contributed by atoms with Crippen molar-refractivity contribution in [2.24, 2.45) is 0 Å². The van der Waals surface area contributed by atoms with Crippen LogP contribution in [0.5, 0.6) is 0 Å². The van der Waals surface area contributed by atoms with Crippen LogP contribution in [0.3, 0.4) is 0 Å². The number of hydrogen-bond donors (Lipinski definition) is 2. The molecule has 2 aromatic heterocycles. The highest BCUT2D eigenvalue weighted by molar-refractivity contribution is 7.99. The SMILES string of the molecule is O=C(CSCc1cccs1)Nc1nccnc1C(=O)O. The molecule has 0 unspecified atom stereocenters. The maximum Gasteiger partial charge on any atom is 0.358 e. The Kier molecular flexibility index (Phi) is 5.08. The lowest BCUT2D eigenvalue weighted by Crippen LogP contribution is -2.18. The zero-order chi connectivity index (χ0) is 14.4. The Morgan fingerprint density at radius 1 is 1.35 bits per heavy atom. The number of aromatic carboxylic acids is 1. The van der Waals surface area contributed by atoms with Crippen LogP contribution in [0.1, 0.15) is 15.4 Å². The highest BCUT2D eigenvalue weighted by atomic mass is 32.2. The molecule has 0 fully saturated rings. The number of hydrogen-bond acceptors (Lipinski definition) is 6. The first-order valence-electron chi connectivity index (χ1n) is 5.61. The maximum absolute atomic E-state index is 11.7. The van der Waals surface area contributed by atoms with Gasteiger partial charge in [-0.1, -0.05) is 6.07 Å². The highest BCUT2D eigenvalue weighted by Crippen LogP contribution is 2.17. The number of carboxylic acids is 1. The van der Waals surface area contributed by atoms with Crippen LogP contribution < -0.4 is 5.32 Å². The summed E-state index contributed by atoms with van der Waals surface area (Å²) >= 11 is 3.09. The molecule has 2 aromatic rings. The van der Waals surface area contributed by atoms with E-state index >= 15 is 0 Å². The molecule has 0 aliphatic rings. The van der Waals surface area contributed by atoms with Gasteiger partial charge in [0.1, 0.15) is 0 Å². The first-order valence-corrected chi connectivity index (χ1v) is 7.64. The summed E-state index contributed by atoms with van der Waals surface area (Å²) in [4.78, 5) is 31.3. The standard InChI is InChI=1S/C12H11N3O3S2/c16-9(7-19-6-8-2-1-5-20-8)15-11-10(12(17)18)13-3-4-14-11/h1-5H,6-7H2,(H,17,18)(H,14,15,16). The van der Waals surface area contributed by atoms with Crippen LogP contribution in [0, 0.1) is 0 Å². The Hall–Kier alpha value is -1.93. The number of carboxylic acid groups (broad SMARTS) is 1. The monoisotopic (exact) mass is 309 g/mol. The third-order valence-electron chi connectivity index (χ3n) is 2.22. The molecule has 0 saturated heterocycles. The summed E-state index contributed by atoms with van der Waals surface area (Å²) < 4.78 is 0. The fraction of sp³-hybridized carbons (Fsp3) is 0.167. The van der Waals surface area contributed by atoms with E-state index in [9.17, 15) is 9.59 Å². The summed E-state index contributed by atoms with van der Waals surface area (Å²) in [5, 5.41) is 13.4. The van der Waals surface area contributed by atoms with E-state index in [4.69, 9.17) is 5.11 Å². The Bertz CT molecular complexity index is 602. The van der Waals surface area contributed by atoms with Gasteiger partial charge < -0.3 is 10.4 Å². The van der Waals surface area contributed by atoms with Crippen molar-refractivity contribution in [1.29, 1.82) is 0 Å². The summed E-state index contributed by atoms with van der Waals surface area (Å²) in [6.07, 6.45) is 2.60. The summed E-state index contributed by atoms with van der Waals surface area (Å²) in [5.41, 5.74) is -0.260. The van der Waals surface area contributed by atoms with Gasteiger partial charge in [-0.2, -0.15) is 0 Å². The number of carbonyl (C=O) groups is 2. The minimum absolute atomic E-state index is 0.0262. The van der Waals surface area contributed by atoms with Crippen LogP contribution in [0.2, 0.25) is 0 Å². The molecule has 8 heteroatoms. The summed E-state index contributed by atoms with van der Waals surface area (Å²) in [6.45, 7) is 0. The molecular formula is C12H11N3O3S2. The lowest BCUT2D eigenvalue weighted by Gasteiger charge is -2.05. The summed E-state index contributed by atoms with van der Waals surface area (Å²) in [7, 11) is 0. The van der Waals surface area contributed by atoms with E-state index in [1.165, 1.54) is 29.0 Å². The highest BCUT2D eigenvalue weighted by Gasteiger charge is 2.14. The van der Waals surface area contributed by atoms with Crippen molar-refractivity contribution in [2.75, 3.05) is 11.1 Å². The lowest BCUT2D eigenvalue weighted by molar-refractivity contribution is -0.113. The number of thiophene rings is 1. The van der Waals surface area contributed by atoms with Crippen LogP contribution in [-0.2, 0) is 10.5 Å². The van der Waals surface area contributed by atoms with Crippen molar-refractivity contribution in [3.8, 4) is 0 Å². The molecule has 6 nitrogen and oxygen atoms in total. The first kappa shape index (κ1) is 14.5. The van der Waals surface area contributed by atoms with Gasteiger partial charge >= 0.3 is 5.97 Å². The Morgan fingerprint density at radius 2 is 2.15 bits per heavy atom. The van der Waals surface area contributed by atoms with Gasteiger partial charge in [-0.05, 0) is 11.4 Å². The smallest absolute Gasteiger partial charge is 0.358 e. The molecule has 2 heterocycles. The van der Waals surface area contributed by atoms with Gasteiger partial charge in [0.15, 0.2) is 11.5 Å². The molecule has 0 radical (unpaired) electrons. The van der Waals surface area contributed by atoms with E-state index < -0.39 is 5.97 Å². The number of rotatable bonds is 6. The topological polar surface area (TPSA) is 92.2 Å². The minimum Gasteiger partial charge on any atom is -0.476 e. The van der Waals surface area contributed by atoms with Crippen LogP contribution in [0.4, 0.5) is 5.82 Å². The van der Waals surface area contributed by atoms with E-state index in [1.807, 2.05) is 17.5 Å². The Morgan fingerprint density at radius 3 is 2.85 bits per heavy atom. The molecule has 104 valence electrons. The molecule has 0 aliphatic carbocycles. The molecule has 20 heavy (non-hydrogen) atoms. The number of nitrogens with zero attached hydrogens (tertiary/aromatic N) is 2. The van der Waals surface area contributed by atoms with Gasteiger partial charge in [0.2, 0.25) is 5.91 Å². The molecular weight excluding hydrogens is 298 g/mol. The van der Waals surface area contributed by atoms with Crippen LogP contribution in [0.25, 0.3) is 0 Å². The van der Waals surface area contributed by atoms with E-state index in [-0.39, 0.29) is 23.2 Å². The maximum atomic E-state index is 11.7. The van der Waals surface area contributed by atoms with E-state index in [1.54, 1.807) is 11.3 Å². The van der Waals surface area contributed by atoms with Crippen molar-refractivity contribution in [2.45, 2.75) is 5.75 Å². The van der Waals surface area contributed by atoms with Crippen LogP contribution in [0.15, 0.2) is 29.9 Å². The van der Waals surface area contributed by atoms with Gasteiger partial charge in [-0.25, -0.2) is 14.8 Å². The van der Waals surface area contributed by atoms with Crippen molar-refractivity contribution in [3.63, 3.8) is 0 Å². The summed E-state index contributed by atoms with van der Waals surface area (Å²) in [6, 6.07) is 3.96. The largest absolute Gasteiger partial charge is 0.476 e. The molecule has 0 saturated carbocycles. The van der Waals surface area contributed by atoms with Gasteiger partial charge in [-0.3, -0.25) is 4.79 Å².